The number of hydrogen-bond acceptors (Lipinski definition) is 3. The minimum absolute atomic E-state index is 0.352. The molecule has 1 rings (SSSR count). The van der Waals surface area contributed by atoms with Crippen molar-refractivity contribution in [1.29, 1.82) is 0 Å². The fourth-order valence-electron chi connectivity index (χ4n) is 1.36. The lowest BCUT2D eigenvalue weighted by Crippen LogP contribution is -2.35. The predicted octanol–water partition coefficient (Wildman–Crippen LogP) is 1.91. The number of halogens is 1. The first-order valence-electron chi connectivity index (χ1n) is 5.95. The summed E-state index contributed by atoms with van der Waals surface area (Å²) in [5.41, 5.74) is 0.544. The summed E-state index contributed by atoms with van der Waals surface area (Å²) >= 11 is 0. The number of hydrogen-bond donors (Lipinski definition) is 1. The molecule has 0 spiro atoms. The molecule has 0 aromatic heterocycles. The first kappa shape index (κ1) is 14.9. The van der Waals surface area contributed by atoms with Gasteiger partial charge in [0.2, 0.25) is 0 Å². The fraction of sp³-hybridized carbons (Fsp3) is 0.286. The molecule has 5 heteroatoms. The van der Waals surface area contributed by atoms with Gasteiger partial charge in [0.15, 0.2) is 6.10 Å². The van der Waals surface area contributed by atoms with Crippen LogP contribution in [0.2, 0.25) is 0 Å². The molecule has 1 aromatic rings. The number of carbonyl (C=O) groups is 2. The highest BCUT2D eigenvalue weighted by Gasteiger charge is 2.14. The highest BCUT2D eigenvalue weighted by molar-refractivity contribution is 5.90. The van der Waals surface area contributed by atoms with Crippen LogP contribution in [0, 0.1) is 5.82 Å². The van der Waals surface area contributed by atoms with Gasteiger partial charge in [-0.25, -0.2) is 9.18 Å². The Morgan fingerprint density at radius 2 is 2.21 bits per heavy atom. The molecule has 0 heterocycles. The third-order valence-corrected chi connectivity index (χ3v) is 2.27. The minimum Gasteiger partial charge on any atom is -0.449 e. The Hall–Kier alpha value is -2.17. The zero-order valence-corrected chi connectivity index (χ0v) is 10.9. The van der Waals surface area contributed by atoms with Crippen LogP contribution in [0.3, 0.4) is 0 Å². The van der Waals surface area contributed by atoms with Crippen molar-refractivity contribution >= 4 is 18.0 Å². The Bertz CT molecular complexity index is 485. The van der Waals surface area contributed by atoms with Crippen LogP contribution in [0.5, 0.6) is 0 Å². The smallest absolute Gasteiger partial charge is 0.331 e. The third kappa shape index (κ3) is 5.33. The summed E-state index contributed by atoms with van der Waals surface area (Å²) in [6.45, 7) is 3.73. The van der Waals surface area contributed by atoms with Gasteiger partial charge in [0, 0.05) is 12.6 Å². The molecular weight excluding hydrogens is 249 g/mol. The van der Waals surface area contributed by atoms with Crippen molar-refractivity contribution in [3.05, 3.63) is 41.7 Å². The summed E-state index contributed by atoms with van der Waals surface area (Å²) < 4.78 is 17.8. The second-order valence-corrected chi connectivity index (χ2v) is 3.86. The molecule has 0 saturated heterocycles. The number of esters is 1. The van der Waals surface area contributed by atoms with Crippen LogP contribution < -0.4 is 5.32 Å². The summed E-state index contributed by atoms with van der Waals surface area (Å²) in [7, 11) is 0. The average molecular weight is 265 g/mol. The Morgan fingerprint density at radius 3 is 2.84 bits per heavy atom. The van der Waals surface area contributed by atoms with E-state index in [2.05, 4.69) is 5.32 Å². The molecule has 0 unspecified atom stereocenters. The Balaban J connectivity index is 2.53. The van der Waals surface area contributed by atoms with Gasteiger partial charge in [0.1, 0.15) is 5.82 Å². The monoisotopic (exact) mass is 265 g/mol. The summed E-state index contributed by atoms with van der Waals surface area (Å²) in [6.07, 6.45) is 1.73. The lowest BCUT2D eigenvalue weighted by atomic mass is 10.2. The maximum atomic E-state index is 12.9. The van der Waals surface area contributed by atoms with E-state index in [1.165, 1.54) is 31.2 Å². The van der Waals surface area contributed by atoms with E-state index in [0.29, 0.717) is 12.1 Å². The van der Waals surface area contributed by atoms with Gasteiger partial charge >= 0.3 is 5.97 Å². The van der Waals surface area contributed by atoms with Crippen LogP contribution in [0.4, 0.5) is 4.39 Å². The Kier molecular flexibility index (Phi) is 5.73. The first-order chi connectivity index (χ1) is 9.02. The molecule has 0 aliphatic heterocycles. The van der Waals surface area contributed by atoms with E-state index in [9.17, 15) is 14.0 Å². The molecule has 4 nitrogen and oxygen atoms in total. The normalized spacial score (nSPS) is 12.2. The molecule has 1 atom stereocenters. The van der Waals surface area contributed by atoms with Gasteiger partial charge in [-0.3, -0.25) is 4.79 Å². The van der Waals surface area contributed by atoms with Crippen molar-refractivity contribution in [2.75, 3.05) is 6.54 Å². The molecule has 0 fully saturated rings. The minimum atomic E-state index is -0.857. The molecular formula is C14H16FNO3. The van der Waals surface area contributed by atoms with E-state index >= 15 is 0 Å². The lowest BCUT2D eigenvalue weighted by molar-refractivity contribution is -0.150. The van der Waals surface area contributed by atoms with Gasteiger partial charge in [-0.2, -0.15) is 0 Å². The number of likely N-dealkylation sites (N-methyl/N-ethyl adjacent to an activating group) is 1. The zero-order valence-electron chi connectivity index (χ0n) is 10.9. The number of amides is 1. The largest absolute Gasteiger partial charge is 0.449 e. The van der Waals surface area contributed by atoms with Crippen molar-refractivity contribution in [2.45, 2.75) is 20.0 Å². The van der Waals surface area contributed by atoms with Gasteiger partial charge < -0.3 is 10.1 Å². The van der Waals surface area contributed by atoms with E-state index in [1.54, 1.807) is 13.0 Å². The molecule has 19 heavy (non-hydrogen) atoms. The highest BCUT2D eigenvalue weighted by atomic mass is 19.1. The molecule has 1 amide bonds. The van der Waals surface area contributed by atoms with E-state index < -0.39 is 12.1 Å². The number of ether oxygens (including phenoxy) is 1. The molecule has 0 radical (unpaired) electrons. The summed E-state index contributed by atoms with van der Waals surface area (Å²) in [5.74, 6) is -1.38. The van der Waals surface area contributed by atoms with E-state index in [1.807, 2.05) is 0 Å². The third-order valence-electron chi connectivity index (χ3n) is 2.27. The second-order valence-electron chi connectivity index (χ2n) is 3.86. The topological polar surface area (TPSA) is 55.4 Å². The van der Waals surface area contributed by atoms with Crippen LogP contribution in [0.25, 0.3) is 6.08 Å². The standard InChI is InChI=1S/C14H16FNO3/c1-3-16-14(18)10(2)19-13(17)8-7-11-5-4-6-12(15)9-11/h4-10H,3H2,1-2H3,(H,16,18)/b8-7+/t10-/m1/s1. The van der Waals surface area contributed by atoms with Crippen LogP contribution in [-0.4, -0.2) is 24.5 Å². The van der Waals surface area contributed by atoms with E-state index in [4.69, 9.17) is 4.74 Å². The Morgan fingerprint density at radius 1 is 1.47 bits per heavy atom. The quantitative estimate of drug-likeness (QED) is 0.653. The van der Waals surface area contributed by atoms with Gasteiger partial charge in [-0.05, 0) is 37.6 Å². The number of rotatable bonds is 5. The van der Waals surface area contributed by atoms with Crippen molar-refractivity contribution < 1.29 is 18.7 Å². The van der Waals surface area contributed by atoms with Crippen molar-refractivity contribution in [3.63, 3.8) is 0 Å². The molecule has 0 saturated carbocycles. The molecule has 0 aliphatic carbocycles. The van der Waals surface area contributed by atoms with Crippen molar-refractivity contribution in [3.8, 4) is 0 Å². The van der Waals surface area contributed by atoms with Crippen molar-refractivity contribution in [2.24, 2.45) is 0 Å². The summed E-state index contributed by atoms with van der Waals surface area (Å²) in [6, 6.07) is 5.79. The van der Waals surface area contributed by atoms with Gasteiger partial charge in [0.05, 0.1) is 0 Å². The van der Waals surface area contributed by atoms with Crippen LogP contribution in [0.1, 0.15) is 19.4 Å². The molecule has 1 N–H and O–H groups in total. The summed E-state index contributed by atoms with van der Waals surface area (Å²) in [4.78, 5) is 22.8. The number of nitrogens with one attached hydrogen (secondary N) is 1. The maximum absolute atomic E-state index is 12.9. The maximum Gasteiger partial charge on any atom is 0.331 e. The van der Waals surface area contributed by atoms with Crippen LogP contribution >= 0.6 is 0 Å². The van der Waals surface area contributed by atoms with Crippen LogP contribution in [0.15, 0.2) is 30.3 Å². The molecule has 0 bridgehead atoms. The van der Waals surface area contributed by atoms with E-state index in [0.717, 1.165) is 6.08 Å². The predicted molar refractivity (Wildman–Crippen MR) is 69.7 cm³/mol. The average Bonchev–Trinajstić information content (AvgIpc) is 2.36. The molecule has 102 valence electrons. The van der Waals surface area contributed by atoms with Crippen LogP contribution in [-0.2, 0) is 14.3 Å². The first-order valence-corrected chi connectivity index (χ1v) is 5.95. The van der Waals surface area contributed by atoms with Gasteiger partial charge in [-0.15, -0.1) is 0 Å². The highest BCUT2D eigenvalue weighted by Crippen LogP contribution is 2.05. The zero-order chi connectivity index (χ0) is 14.3. The second kappa shape index (κ2) is 7.31. The molecule has 1 aromatic carbocycles. The van der Waals surface area contributed by atoms with Gasteiger partial charge in [-0.1, -0.05) is 12.1 Å². The fourth-order valence-corrected chi connectivity index (χ4v) is 1.36. The molecule has 0 aliphatic rings. The SMILES string of the molecule is CCNC(=O)[C@@H](C)OC(=O)/C=C/c1cccc(F)c1. The number of carbonyl (C=O) groups excluding carboxylic acids is 2. The van der Waals surface area contributed by atoms with Crippen molar-refractivity contribution in [1.82, 2.24) is 5.32 Å². The van der Waals surface area contributed by atoms with E-state index in [-0.39, 0.29) is 11.7 Å². The summed E-state index contributed by atoms with van der Waals surface area (Å²) in [5, 5.41) is 2.54. The Labute approximate surface area is 111 Å². The lowest BCUT2D eigenvalue weighted by Gasteiger charge is -2.10. The number of benzene rings is 1. The van der Waals surface area contributed by atoms with Gasteiger partial charge in [0.25, 0.3) is 5.91 Å².